The van der Waals surface area contributed by atoms with E-state index >= 15 is 0 Å². The Balaban J connectivity index is 2.10. The van der Waals surface area contributed by atoms with Gasteiger partial charge >= 0.3 is 10.2 Å². The lowest BCUT2D eigenvalue weighted by molar-refractivity contribution is 0.0846. The average molecular weight is 413 g/mol. The highest BCUT2D eigenvalue weighted by molar-refractivity contribution is 7.91. The summed E-state index contributed by atoms with van der Waals surface area (Å²) in [6, 6.07) is 11.7. The first kappa shape index (κ1) is 19.0. The molecule has 0 bridgehead atoms. The molecule has 0 aliphatic carbocycles. The van der Waals surface area contributed by atoms with Crippen LogP contribution in [0.2, 0.25) is 10.0 Å². The van der Waals surface area contributed by atoms with Gasteiger partial charge in [0.05, 0.1) is 27.8 Å². The summed E-state index contributed by atoms with van der Waals surface area (Å²) in [5, 5.41) is 0.746. The summed E-state index contributed by atoms with van der Waals surface area (Å²) in [7, 11) is -4.00. The highest BCUT2D eigenvalue weighted by atomic mass is 35.5. The number of rotatable bonds is 4. The Hall–Kier alpha value is -1.76. The van der Waals surface area contributed by atoms with Gasteiger partial charge in [-0.25, -0.2) is 8.61 Å². The SMILES string of the molecule is CC(C)CN1C(=O)c2ccccc2N(Cc2ccc(Cl)c(Cl)c2)S1(=O)=O. The van der Waals surface area contributed by atoms with Gasteiger partial charge in [-0.2, -0.15) is 8.42 Å². The van der Waals surface area contributed by atoms with Gasteiger partial charge in [-0.3, -0.25) is 4.79 Å². The van der Waals surface area contributed by atoms with Crippen LogP contribution in [0.15, 0.2) is 42.5 Å². The number of amides is 1. The van der Waals surface area contributed by atoms with E-state index in [1.807, 2.05) is 13.8 Å². The van der Waals surface area contributed by atoms with Crippen molar-refractivity contribution in [3.05, 3.63) is 63.6 Å². The highest BCUT2D eigenvalue weighted by Crippen LogP contribution is 2.34. The molecule has 0 unspecified atom stereocenters. The molecule has 0 N–H and O–H groups in total. The maximum absolute atomic E-state index is 13.1. The molecule has 3 rings (SSSR count). The van der Waals surface area contributed by atoms with Gasteiger partial charge < -0.3 is 0 Å². The van der Waals surface area contributed by atoms with Crippen molar-refractivity contribution in [3.8, 4) is 0 Å². The molecule has 26 heavy (non-hydrogen) atoms. The van der Waals surface area contributed by atoms with Crippen molar-refractivity contribution in [2.24, 2.45) is 5.92 Å². The first-order valence-corrected chi connectivity index (χ1v) is 10.2. The fraction of sp³-hybridized carbons (Fsp3) is 0.278. The molecule has 1 amide bonds. The zero-order valence-corrected chi connectivity index (χ0v) is 16.6. The molecule has 0 spiro atoms. The zero-order chi connectivity index (χ0) is 19.1. The van der Waals surface area contributed by atoms with E-state index in [0.717, 1.165) is 4.31 Å². The number of carbonyl (C=O) groups is 1. The van der Waals surface area contributed by atoms with E-state index in [4.69, 9.17) is 23.2 Å². The summed E-state index contributed by atoms with van der Waals surface area (Å²) in [6.07, 6.45) is 0. The maximum atomic E-state index is 13.1. The molecule has 0 fully saturated rings. The Bertz CT molecular complexity index is 961. The molecule has 1 heterocycles. The smallest absolute Gasteiger partial charge is 0.268 e. The molecular weight excluding hydrogens is 395 g/mol. The second kappa shape index (κ2) is 7.10. The van der Waals surface area contributed by atoms with Crippen LogP contribution in [0, 0.1) is 5.92 Å². The van der Waals surface area contributed by atoms with Gasteiger partial charge in [0.25, 0.3) is 5.91 Å². The van der Waals surface area contributed by atoms with Crippen molar-refractivity contribution in [2.45, 2.75) is 20.4 Å². The minimum absolute atomic E-state index is 0.00538. The number of benzene rings is 2. The largest absolute Gasteiger partial charge is 0.329 e. The lowest BCUT2D eigenvalue weighted by Gasteiger charge is -2.37. The van der Waals surface area contributed by atoms with Crippen LogP contribution >= 0.6 is 23.2 Å². The number of nitrogens with zero attached hydrogens (tertiary/aromatic N) is 2. The normalized spacial score (nSPS) is 16.1. The number of halogens is 2. The van der Waals surface area contributed by atoms with E-state index in [9.17, 15) is 13.2 Å². The van der Waals surface area contributed by atoms with Crippen LogP contribution < -0.4 is 4.31 Å². The van der Waals surface area contributed by atoms with Gasteiger partial charge in [-0.05, 0) is 35.7 Å². The molecule has 2 aromatic carbocycles. The topological polar surface area (TPSA) is 57.7 Å². The highest BCUT2D eigenvalue weighted by Gasteiger charge is 2.41. The molecule has 1 aliphatic rings. The van der Waals surface area contributed by atoms with Crippen molar-refractivity contribution in [3.63, 3.8) is 0 Å². The van der Waals surface area contributed by atoms with E-state index in [1.165, 1.54) is 4.31 Å². The fourth-order valence-corrected chi connectivity index (χ4v) is 4.91. The van der Waals surface area contributed by atoms with Crippen LogP contribution in [0.3, 0.4) is 0 Å². The Kier molecular flexibility index (Phi) is 5.19. The van der Waals surface area contributed by atoms with E-state index in [0.29, 0.717) is 26.9 Å². The van der Waals surface area contributed by atoms with Gasteiger partial charge in [0.2, 0.25) is 0 Å². The molecule has 5 nitrogen and oxygen atoms in total. The number of para-hydroxylation sites is 1. The van der Waals surface area contributed by atoms with Crippen molar-refractivity contribution in [2.75, 3.05) is 10.8 Å². The van der Waals surface area contributed by atoms with Gasteiger partial charge in [-0.1, -0.05) is 55.2 Å². The van der Waals surface area contributed by atoms with Gasteiger partial charge in [0, 0.05) is 6.54 Å². The summed E-state index contributed by atoms with van der Waals surface area (Å²) in [5.41, 5.74) is 1.41. The number of anilines is 1. The molecule has 0 aromatic heterocycles. The van der Waals surface area contributed by atoms with Crippen LogP contribution in [0.4, 0.5) is 5.69 Å². The van der Waals surface area contributed by atoms with Crippen molar-refractivity contribution in [1.82, 2.24) is 4.31 Å². The number of carbonyl (C=O) groups excluding carboxylic acids is 1. The van der Waals surface area contributed by atoms with E-state index in [-0.39, 0.29) is 19.0 Å². The van der Waals surface area contributed by atoms with Crippen molar-refractivity contribution in [1.29, 1.82) is 0 Å². The maximum Gasteiger partial charge on any atom is 0.329 e. The predicted molar refractivity (Wildman–Crippen MR) is 104 cm³/mol. The summed E-state index contributed by atoms with van der Waals surface area (Å²) < 4.78 is 28.5. The van der Waals surface area contributed by atoms with Crippen molar-refractivity contribution < 1.29 is 13.2 Å². The van der Waals surface area contributed by atoms with Crippen LogP contribution in [0.5, 0.6) is 0 Å². The fourth-order valence-electron chi connectivity index (χ4n) is 2.83. The van der Waals surface area contributed by atoms with E-state index in [1.54, 1.807) is 42.5 Å². The molecule has 0 saturated carbocycles. The Labute approximate surface area is 163 Å². The quantitative estimate of drug-likeness (QED) is 0.749. The summed E-state index contributed by atoms with van der Waals surface area (Å²) >= 11 is 12.0. The number of hydrogen-bond acceptors (Lipinski definition) is 3. The zero-order valence-electron chi connectivity index (χ0n) is 14.3. The van der Waals surface area contributed by atoms with E-state index < -0.39 is 16.1 Å². The van der Waals surface area contributed by atoms with E-state index in [2.05, 4.69) is 0 Å². The minimum atomic E-state index is -4.00. The van der Waals surface area contributed by atoms with Crippen LogP contribution in [-0.2, 0) is 16.8 Å². The monoisotopic (exact) mass is 412 g/mol. The third-order valence-corrected chi connectivity index (χ3v) is 6.52. The summed E-state index contributed by atoms with van der Waals surface area (Å²) in [5.74, 6) is -0.495. The number of hydrogen-bond donors (Lipinski definition) is 0. The van der Waals surface area contributed by atoms with Gasteiger partial charge in [-0.15, -0.1) is 0 Å². The summed E-state index contributed by atoms with van der Waals surface area (Å²) in [4.78, 5) is 12.7. The molecule has 1 aliphatic heterocycles. The molecule has 2 aromatic rings. The molecule has 0 saturated heterocycles. The molecular formula is C18H18Cl2N2O3S. The molecule has 0 atom stereocenters. The molecule has 138 valence electrons. The third-order valence-electron chi connectivity index (χ3n) is 4.03. The minimum Gasteiger partial charge on any atom is -0.268 e. The molecule has 0 radical (unpaired) electrons. The van der Waals surface area contributed by atoms with Crippen LogP contribution in [-0.4, -0.2) is 25.2 Å². The predicted octanol–water partition coefficient (Wildman–Crippen LogP) is 4.36. The average Bonchev–Trinajstić information content (AvgIpc) is 2.58. The Morgan fingerprint density at radius 2 is 1.69 bits per heavy atom. The lowest BCUT2D eigenvalue weighted by Crippen LogP contribution is -2.52. The first-order chi connectivity index (χ1) is 12.2. The second-order valence-electron chi connectivity index (χ2n) is 6.51. The van der Waals surface area contributed by atoms with Crippen LogP contribution in [0.25, 0.3) is 0 Å². The second-order valence-corrected chi connectivity index (χ2v) is 9.10. The van der Waals surface area contributed by atoms with Crippen LogP contribution in [0.1, 0.15) is 29.8 Å². The van der Waals surface area contributed by atoms with Gasteiger partial charge in [0.1, 0.15) is 0 Å². The standard InChI is InChI=1S/C18H18Cl2N2O3S/c1-12(2)10-22-18(23)14-5-3-4-6-17(14)21(26(22,24)25)11-13-7-8-15(19)16(20)9-13/h3-9,12H,10-11H2,1-2H3. The first-order valence-electron chi connectivity index (χ1n) is 8.09. The summed E-state index contributed by atoms with van der Waals surface area (Å²) in [6.45, 7) is 3.91. The lowest BCUT2D eigenvalue weighted by atomic mass is 10.1. The third kappa shape index (κ3) is 3.41. The van der Waals surface area contributed by atoms with Crippen molar-refractivity contribution >= 4 is 45.0 Å². The number of fused-ring (bicyclic) bond motifs is 1. The Morgan fingerprint density at radius 1 is 1.00 bits per heavy atom. The van der Waals surface area contributed by atoms with Gasteiger partial charge in [0.15, 0.2) is 0 Å². The molecule has 8 heteroatoms. The Morgan fingerprint density at radius 3 is 2.35 bits per heavy atom.